The minimum absolute atomic E-state index is 0.726. The van der Waals surface area contributed by atoms with Gasteiger partial charge in [-0.15, -0.1) is 0 Å². The van der Waals surface area contributed by atoms with Gasteiger partial charge in [-0.05, 0) is 24.7 Å². The summed E-state index contributed by atoms with van der Waals surface area (Å²) in [6, 6.07) is 9.69. The molecular weight excluding hydrogens is 226 g/mol. The molecule has 0 aliphatic rings. The van der Waals surface area contributed by atoms with E-state index in [0.29, 0.717) is 0 Å². The molecule has 1 N–H and O–H groups in total. The average molecular weight is 243 g/mol. The van der Waals surface area contributed by atoms with Crippen LogP contribution in [-0.2, 0) is 6.54 Å². The highest BCUT2D eigenvalue weighted by Gasteiger charge is 2.03. The van der Waals surface area contributed by atoms with Crippen LogP contribution in [0, 0.1) is 0 Å². The molecule has 0 aliphatic carbocycles. The highest BCUT2D eigenvalue weighted by molar-refractivity contribution is 5.57. The molecule has 0 bridgehead atoms. The van der Waals surface area contributed by atoms with E-state index in [-0.39, 0.29) is 0 Å². The number of methoxy groups -OCH3 is 1. The zero-order chi connectivity index (χ0) is 12.8. The zero-order valence-corrected chi connectivity index (χ0v) is 10.7. The summed E-state index contributed by atoms with van der Waals surface area (Å²) in [4.78, 5) is 8.83. The number of benzene rings is 1. The summed E-state index contributed by atoms with van der Waals surface area (Å²) in [6.45, 7) is 3.76. The van der Waals surface area contributed by atoms with Crippen molar-refractivity contribution < 1.29 is 4.74 Å². The summed E-state index contributed by atoms with van der Waals surface area (Å²) in [5, 5.41) is 3.25. The van der Waals surface area contributed by atoms with E-state index in [4.69, 9.17) is 4.74 Å². The minimum Gasteiger partial charge on any atom is -0.497 e. The van der Waals surface area contributed by atoms with Crippen LogP contribution in [0.1, 0.15) is 12.6 Å². The van der Waals surface area contributed by atoms with Crippen molar-refractivity contribution in [2.75, 3.05) is 13.7 Å². The minimum atomic E-state index is 0.726. The van der Waals surface area contributed by atoms with E-state index in [1.165, 1.54) is 0 Å². The third-order valence-electron chi connectivity index (χ3n) is 2.60. The fraction of sp³-hybridized carbons (Fsp3) is 0.286. The maximum atomic E-state index is 5.20. The molecule has 0 saturated heterocycles. The smallest absolute Gasteiger partial charge is 0.159 e. The van der Waals surface area contributed by atoms with Gasteiger partial charge in [-0.25, -0.2) is 9.97 Å². The van der Waals surface area contributed by atoms with Crippen LogP contribution in [0.3, 0.4) is 0 Å². The van der Waals surface area contributed by atoms with Gasteiger partial charge in [0.15, 0.2) is 5.82 Å². The quantitative estimate of drug-likeness (QED) is 0.875. The summed E-state index contributed by atoms with van der Waals surface area (Å²) in [5.74, 6) is 1.54. The Kier molecular flexibility index (Phi) is 4.25. The maximum absolute atomic E-state index is 5.20. The molecule has 0 amide bonds. The Morgan fingerprint density at radius 1 is 1.28 bits per heavy atom. The van der Waals surface area contributed by atoms with Crippen molar-refractivity contribution in [1.82, 2.24) is 15.3 Å². The van der Waals surface area contributed by atoms with Crippen molar-refractivity contribution in [2.45, 2.75) is 13.5 Å². The Morgan fingerprint density at radius 3 is 2.94 bits per heavy atom. The zero-order valence-electron chi connectivity index (χ0n) is 10.7. The normalized spacial score (nSPS) is 10.3. The van der Waals surface area contributed by atoms with Crippen LogP contribution in [0.4, 0.5) is 0 Å². The highest BCUT2D eigenvalue weighted by atomic mass is 16.5. The van der Waals surface area contributed by atoms with Crippen molar-refractivity contribution in [2.24, 2.45) is 0 Å². The predicted molar refractivity (Wildman–Crippen MR) is 71.4 cm³/mol. The number of rotatable bonds is 5. The summed E-state index contributed by atoms with van der Waals surface area (Å²) >= 11 is 0. The maximum Gasteiger partial charge on any atom is 0.159 e. The number of hydrogen-bond donors (Lipinski definition) is 1. The van der Waals surface area contributed by atoms with E-state index in [1.807, 2.05) is 30.3 Å². The van der Waals surface area contributed by atoms with Crippen LogP contribution in [0.15, 0.2) is 36.5 Å². The third-order valence-corrected chi connectivity index (χ3v) is 2.60. The molecule has 4 heteroatoms. The molecule has 0 radical (unpaired) electrons. The number of aromatic nitrogens is 2. The molecular formula is C14H17N3O. The van der Waals surface area contributed by atoms with Gasteiger partial charge in [0.25, 0.3) is 0 Å². The second-order valence-electron chi connectivity index (χ2n) is 3.88. The van der Waals surface area contributed by atoms with Crippen LogP contribution in [0.5, 0.6) is 5.75 Å². The standard InChI is InChI=1S/C14H17N3O/c1-3-15-10-12-7-8-16-14(17-12)11-5-4-6-13(9-11)18-2/h4-9,15H,3,10H2,1-2H3. The molecule has 1 aromatic carbocycles. The van der Waals surface area contributed by atoms with Gasteiger partial charge in [0.05, 0.1) is 12.8 Å². The fourth-order valence-electron chi connectivity index (χ4n) is 1.65. The van der Waals surface area contributed by atoms with Crippen LogP contribution >= 0.6 is 0 Å². The molecule has 18 heavy (non-hydrogen) atoms. The Balaban J connectivity index is 2.26. The van der Waals surface area contributed by atoms with E-state index in [1.54, 1.807) is 13.3 Å². The third kappa shape index (κ3) is 3.05. The first-order valence-electron chi connectivity index (χ1n) is 6.00. The Morgan fingerprint density at radius 2 is 2.17 bits per heavy atom. The summed E-state index contributed by atoms with van der Waals surface area (Å²) in [5.41, 5.74) is 1.96. The first-order chi connectivity index (χ1) is 8.83. The lowest BCUT2D eigenvalue weighted by atomic mass is 10.2. The van der Waals surface area contributed by atoms with Crippen molar-refractivity contribution in [3.63, 3.8) is 0 Å². The largest absolute Gasteiger partial charge is 0.497 e. The van der Waals surface area contributed by atoms with Crippen LogP contribution in [0.25, 0.3) is 11.4 Å². The predicted octanol–water partition coefficient (Wildman–Crippen LogP) is 2.26. The molecule has 0 fully saturated rings. The molecule has 1 heterocycles. The molecule has 4 nitrogen and oxygen atoms in total. The fourth-order valence-corrected chi connectivity index (χ4v) is 1.65. The van der Waals surface area contributed by atoms with E-state index >= 15 is 0 Å². The van der Waals surface area contributed by atoms with Crippen molar-refractivity contribution in [3.8, 4) is 17.1 Å². The Hall–Kier alpha value is -1.94. The van der Waals surface area contributed by atoms with Gasteiger partial charge in [-0.3, -0.25) is 0 Å². The van der Waals surface area contributed by atoms with Gasteiger partial charge in [-0.1, -0.05) is 19.1 Å². The van der Waals surface area contributed by atoms with Crippen molar-refractivity contribution in [1.29, 1.82) is 0 Å². The molecule has 0 unspecified atom stereocenters. The van der Waals surface area contributed by atoms with E-state index < -0.39 is 0 Å². The van der Waals surface area contributed by atoms with E-state index in [9.17, 15) is 0 Å². The van der Waals surface area contributed by atoms with Gasteiger partial charge < -0.3 is 10.1 Å². The molecule has 94 valence electrons. The lowest BCUT2D eigenvalue weighted by Crippen LogP contribution is -2.13. The topological polar surface area (TPSA) is 47.0 Å². The average Bonchev–Trinajstić information content (AvgIpc) is 2.45. The van der Waals surface area contributed by atoms with Crippen molar-refractivity contribution >= 4 is 0 Å². The van der Waals surface area contributed by atoms with Crippen LogP contribution < -0.4 is 10.1 Å². The number of ether oxygens (including phenoxy) is 1. The Bertz CT molecular complexity index is 514. The molecule has 2 rings (SSSR count). The number of nitrogens with zero attached hydrogens (tertiary/aromatic N) is 2. The van der Waals surface area contributed by atoms with E-state index in [0.717, 1.165) is 35.9 Å². The molecule has 0 saturated carbocycles. The Labute approximate surface area is 107 Å². The van der Waals surface area contributed by atoms with Crippen LogP contribution in [0.2, 0.25) is 0 Å². The second kappa shape index (κ2) is 6.12. The monoisotopic (exact) mass is 243 g/mol. The lowest BCUT2D eigenvalue weighted by Gasteiger charge is -2.05. The van der Waals surface area contributed by atoms with Gasteiger partial charge in [0.1, 0.15) is 5.75 Å². The molecule has 0 spiro atoms. The van der Waals surface area contributed by atoms with Crippen LogP contribution in [-0.4, -0.2) is 23.6 Å². The molecule has 2 aromatic rings. The first-order valence-corrected chi connectivity index (χ1v) is 6.00. The highest BCUT2D eigenvalue weighted by Crippen LogP contribution is 2.20. The SMILES string of the molecule is CCNCc1ccnc(-c2cccc(OC)c2)n1. The summed E-state index contributed by atoms with van der Waals surface area (Å²) in [6.07, 6.45) is 1.79. The lowest BCUT2D eigenvalue weighted by molar-refractivity contribution is 0.415. The van der Waals surface area contributed by atoms with Gasteiger partial charge in [0.2, 0.25) is 0 Å². The van der Waals surface area contributed by atoms with Gasteiger partial charge in [-0.2, -0.15) is 0 Å². The van der Waals surface area contributed by atoms with Gasteiger partial charge in [0, 0.05) is 18.3 Å². The second-order valence-corrected chi connectivity index (χ2v) is 3.88. The first kappa shape index (κ1) is 12.5. The molecule has 0 atom stereocenters. The summed E-state index contributed by atoms with van der Waals surface area (Å²) < 4.78 is 5.20. The summed E-state index contributed by atoms with van der Waals surface area (Å²) in [7, 11) is 1.65. The molecule has 0 aliphatic heterocycles. The molecule has 1 aromatic heterocycles. The van der Waals surface area contributed by atoms with Crippen molar-refractivity contribution in [3.05, 3.63) is 42.2 Å². The number of nitrogens with one attached hydrogen (secondary N) is 1. The van der Waals surface area contributed by atoms with Gasteiger partial charge >= 0.3 is 0 Å². The van der Waals surface area contributed by atoms with E-state index in [2.05, 4.69) is 22.2 Å². The number of hydrogen-bond acceptors (Lipinski definition) is 4.